The SMILES string of the molecule is NC(=O)C(O)CNCc1ccsc1C(=O)O. The molecule has 16 heavy (non-hydrogen) atoms. The Morgan fingerprint density at radius 1 is 1.56 bits per heavy atom. The summed E-state index contributed by atoms with van der Waals surface area (Å²) in [5.41, 5.74) is 5.47. The van der Waals surface area contributed by atoms with Crippen LogP contribution in [0.5, 0.6) is 0 Å². The van der Waals surface area contributed by atoms with Gasteiger partial charge >= 0.3 is 5.97 Å². The minimum atomic E-state index is -1.26. The minimum Gasteiger partial charge on any atom is -0.477 e. The van der Waals surface area contributed by atoms with Crippen LogP contribution in [0.15, 0.2) is 11.4 Å². The number of aromatic carboxylic acids is 1. The van der Waals surface area contributed by atoms with Crippen molar-refractivity contribution in [1.82, 2.24) is 5.32 Å². The third kappa shape index (κ3) is 3.30. The van der Waals surface area contributed by atoms with E-state index in [9.17, 15) is 9.59 Å². The summed E-state index contributed by atoms with van der Waals surface area (Å²) in [4.78, 5) is 21.5. The Labute approximate surface area is 95.7 Å². The molecule has 6 nitrogen and oxygen atoms in total. The zero-order chi connectivity index (χ0) is 12.1. The van der Waals surface area contributed by atoms with Gasteiger partial charge in [0.25, 0.3) is 0 Å². The van der Waals surface area contributed by atoms with E-state index in [1.807, 2.05) is 0 Å². The van der Waals surface area contributed by atoms with Crippen molar-refractivity contribution in [2.75, 3.05) is 6.54 Å². The molecule has 0 aliphatic rings. The summed E-state index contributed by atoms with van der Waals surface area (Å²) in [6.07, 6.45) is -1.26. The predicted molar refractivity (Wildman–Crippen MR) is 58.2 cm³/mol. The van der Waals surface area contributed by atoms with Crippen molar-refractivity contribution in [1.29, 1.82) is 0 Å². The molecule has 7 heteroatoms. The molecule has 1 atom stereocenters. The maximum absolute atomic E-state index is 10.7. The number of carbonyl (C=O) groups excluding carboxylic acids is 1. The highest BCUT2D eigenvalue weighted by Crippen LogP contribution is 2.16. The third-order valence-corrected chi connectivity index (χ3v) is 2.87. The van der Waals surface area contributed by atoms with Crippen molar-refractivity contribution < 1.29 is 19.8 Å². The first kappa shape index (κ1) is 12.6. The van der Waals surface area contributed by atoms with Crippen molar-refractivity contribution in [2.45, 2.75) is 12.6 Å². The fourth-order valence-electron chi connectivity index (χ4n) is 1.11. The number of hydrogen-bond acceptors (Lipinski definition) is 5. The van der Waals surface area contributed by atoms with Gasteiger partial charge in [-0.15, -0.1) is 11.3 Å². The lowest BCUT2D eigenvalue weighted by molar-refractivity contribution is -0.125. The normalized spacial score (nSPS) is 12.3. The van der Waals surface area contributed by atoms with Crippen molar-refractivity contribution in [3.8, 4) is 0 Å². The van der Waals surface area contributed by atoms with Crippen molar-refractivity contribution >= 4 is 23.2 Å². The molecule has 1 rings (SSSR count). The Hall–Kier alpha value is -1.44. The summed E-state index contributed by atoms with van der Waals surface area (Å²) in [6.45, 7) is 0.277. The standard InChI is InChI=1S/C9H12N2O4S/c10-8(13)6(12)4-11-3-5-1-2-16-7(5)9(14)15/h1-2,6,11-12H,3-4H2,(H2,10,13)(H,14,15). The quantitative estimate of drug-likeness (QED) is 0.533. The van der Waals surface area contributed by atoms with E-state index in [0.717, 1.165) is 11.3 Å². The van der Waals surface area contributed by atoms with Gasteiger partial charge in [0.05, 0.1) is 0 Å². The van der Waals surface area contributed by atoms with Crippen molar-refractivity contribution in [3.63, 3.8) is 0 Å². The first-order valence-electron chi connectivity index (χ1n) is 4.50. The van der Waals surface area contributed by atoms with Crippen LogP contribution in [0.3, 0.4) is 0 Å². The Kier molecular flexibility index (Phi) is 4.41. The Morgan fingerprint density at radius 3 is 2.81 bits per heavy atom. The molecule has 0 radical (unpaired) electrons. The number of nitrogens with two attached hydrogens (primary N) is 1. The number of aliphatic hydroxyl groups excluding tert-OH is 1. The van der Waals surface area contributed by atoms with E-state index in [-0.39, 0.29) is 18.0 Å². The summed E-state index contributed by atoms with van der Waals surface area (Å²) in [6, 6.07) is 1.68. The Morgan fingerprint density at radius 2 is 2.25 bits per heavy atom. The van der Waals surface area contributed by atoms with Gasteiger partial charge in [-0.2, -0.15) is 0 Å². The highest BCUT2D eigenvalue weighted by molar-refractivity contribution is 7.12. The van der Waals surface area contributed by atoms with E-state index in [0.29, 0.717) is 5.56 Å². The summed E-state index contributed by atoms with van der Waals surface area (Å²) < 4.78 is 0. The number of primary amides is 1. The molecule has 1 amide bonds. The van der Waals surface area contributed by atoms with Gasteiger partial charge in [-0.25, -0.2) is 4.79 Å². The van der Waals surface area contributed by atoms with Gasteiger partial charge in [0.15, 0.2) is 0 Å². The number of nitrogens with one attached hydrogen (secondary N) is 1. The molecule has 1 aromatic heterocycles. The average Bonchev–Trinajstić information content (AvgIpc) is 2.65. The summed E-state index contributed by atoms with van der Waals surface area (Å²) in [7, 11) is 0. The minimum absolute atomic E-state index is 0.00421. The van der Waals surface area contributed by atoms with E-state index < -0.39 is 18.0 Å². The number of carboxylic acids is 1. The molecule has 5 N–H and O–H groups in total. The first-order valence-corrected chi connectivity index (χ1v) is 5.38. The smallest absolute Gasteiger partial charge is 0.346 e. The molecule has 1 heterocycles. The largest absolute Gasteiger partial charge is 0.477 e. The zero-order valence-corrected chi connectivity index (χ0v) is 9.16. The van der Waals surface area contributed by atoms with E-state index in [1.54, 1.807) is 11.4 Å². The molecule has 1 aromatic rings. The fourth-order valence-corrected chi connectivity index (χ4v) is 1.87. The van der Waals surface area contributed by atoms with Crippen LogP contribution < -0.4 is 11.1 Å². The van der Waals surface area contributed by atoms with Gasteiger partial charge in [-0.3, -0.25) is 4.79 Å². The predicted octanol–water partition coefficient (Wildman–Crippen LogP) is -0.618. The molecular weight excluding hydrogens is 232 g/mol. The maximum atomic E-state index is 10.7. The Balaban J connectivity index is 2.46. The van der Waals surface area contributed by atoms with Crippen LogP contribution in [-0.4, -0.2) is 34.7 Å². The lowest BCUT2D eigenvalue weighted by atomic mass is 10.2. The van der Waals surface area contributed by atoms with E-state index in [4.69, 9.17) is 15.9 Å². The lowest BCUT2D eigenvalue weighted by Gasteiger charge is -2.07. The second-order valence-corrected chi connectivity index (χ2v) is 4.05. The van der Waals surface area contributed by atoms with Gasteiger partial charge < -0.3 is 21.3 Å². The van der Waals surface area contributed by atoms with Gasteiger partial charge in [0, 0.05) is 13.1 Å². The van der Waals surface area contributed by atoms with Crippen LogP contribution in [-0.2, 0) is 11.3 Å². The molecule has 0 bridgehead atoms. The molecule has 0 fully saturated rings. The van der Waals surface area contributed by atoms with Crippen LogP contribution in [0.25, 0.3) is 0 Å². The molecule has 0 aliphatic heterocycles. The van der Waals surface area contributed by atoms with Crippen LogP contribution in [0.4, 0.5) is 0 Å². The van der Waals surface area contributed by atoms with Gasteiger partial charge in [-0.1, -0.05) is 0 Å². The number of hydrogen-bond donors (Lipinski definition) is 4. The van der Waals surface area contributed by atoms with E-state index in [1.165, 1.54) is 0 Å². The number of thiophene rings is 1. The number of rotatable bonds is 6. The molecular formula is C9H12N2O4S. The second kappa shape index (κ2) is 5.59. The highest BCUT2D eigenvalue weighted by Gasteiger charge is 2.13. The first-order chi connectivity index (χ1) is 7.52. The molecule has 0 saturated heterocycles. The summed E-state index contributed by atoms with van der Waals surface area (Å²) >= 11 is 1.13. The number of aliphatic hydroxyl groups is 1. The topological polar surface area (TPSA) is 113 Å². The van der Waals surface area contributed by atoms with Crippen LogP contribution in [0.2, 0.25) is 0 Å². The number of carboxylic acid groups (broad SMARTS) is 1. The van der Waals surface area contributed by atoms with Gasteiger partial charge in [0.2, 0.25) is 5.91 Å². The monoisotopic (exact) mass is 244 g/mol. The molecule has 0 aliphatic carbocycles. The average molecular weight is 244 g/mol. The van der Waals surface area contributed by atoms with E-state index in [2.05, 4.69) is 5.32 Å². The van der Waals surface area contributed by atoms with Crippen LogP contribution in [0, 0.1) is 0 Å². The number of carbonyl (C=O) groups is 2. The van der Waals surface area contributed by atoms with Gasteiger partial charge in [-0.05, 0) is 17.0 Å². The Bertz CT molecular complexity index is 391. The van der Waals surface area contributed by atoms with Crippen LogP contribution >= 0.6 is 11.3 Å². The van der Waals surface area contributed by atoms with Crippen molar-refractivity contribution in [2.24, 2.45) is 5.73 Å². The second-order valence-electron chi connectivity index (χ2n) is 3.13. The molecule has 88 valence electrons. The zero-order valence-electron chi connectivity index (χ0n) is 8.34. The fraction of sp³-hybridized carbons (Fsp3) is 0.333. The third-order valence-electron chi connectivity index (χ3n) is 1.92. The summed E-state index contributed by atoms with van der Waals surface area (Å²) in [5, 5.41) is 22.3. The van der Waals surface area contributed by atoms with Crippen molar-refractivity contribution in [3.05, 3.63) is 21.9 Å². The summed E-state index contributed by atoms with van der Waals surface area (Å²) in [5.74, 6) is -1.79. The molecule has 0 aromatic carbocycles. The maximum Gasteiger partial charge on any atom is 0.346 e. The molecule has 0 spiro atoms. The lowest BCUT2D eigenvalue weighted by Crippen LogP contribution is -2.37. The van der Waals surface area contributed by atoms with E-state index >= 15 is 0 Å². The molecule has 0 saturated carbocycles. The van der Waals surface area contributed by atoms with Crippen LogP contribution in [0.1, 0.15) is 15.2 Å². The van der Waals surface area contributed by atoms with Gasteiger partial charge in [0.1, 0.15) is 11.0 Å². The number of amides is 1. The molecule has 1 unspecified atom stereocenters. The highest BCUT2D eigenvalue weighted by atomic mass is 32.1.